The molecule has 25 heteroatoms. The molecule has 0 aliphatic carbocycles. The zero-order valence-electron chi connectivity index (χ0n) is 22.3. The van der Waals surface area contributed by atoms with Crippen molar-refractivity contribution in [3.63, 3.8) is 0 Å². The third kappa shape index (κ3) is 5.54. The second-order valence-corrected chi connectivity index (χ2v) is 15.7. The lowest BCUT2D eigenvalue weighted by Gasteiger charge is -2.26. The molecule has 3 aliphatic rings. The van der Waals surface area contributed by atoms with E-state index in [9.17, 15) is 14.3 Å². The number of nitrogens with one attached hydrogen (secondary N) is 1. The largest absolute Gasteiger partial charge is 0.386 e. The number of nitrogens with zero attached hydrogens (tertiary/aromatic N) is 7. The molecule has 242 valence electrons. The van der Waals surface area contributed by atoms with Crippen molar-refractivity contribution in [3.05, 3.63) is 29.3 Å². The topological polar surface area (TPSA) is 252 Å². The first-order valence-corrected chi connectivity index (χ1v) is 18.2. The smallest absolute Gasteiger partial charge is 0.382 e. The second kappa shape index (κ2) is 11.2. The molecule has 0 saturated carbocycles. The summed E-state index contributed by atoms with van der Waals surface area (Å²) in [4.78, 5) is 45.5. The van der Waals surface area contributed by atoms with Crippen molar-refractivity contribution in [1.82, 2.24) is 39.0 Å². The Hall–Kier alpha value is -2.69. The van der Waals surface area contributed by atoms with Crippen molar-refractivity contribution in [2.45, 2.75) is 49.2 Å². The van der Waals surface area contributed by atoms with Gasteiger partial charge in [0.2, 0.25) is 5.95 Å². The Balaban J connectivity index is 1.21. The van der Waals surface area contributed by atoms with Gasteiger partial charge < -0.3 is 30.4 Å². The van der Waals surface area contributed by atoms with Crippen molar-refractivity contribution in [2.75, 3.05) is 24.7 Å². The molecule has 0 radical (unpaired) electrons. The summed E-state index contributed by atoms with van der Waals surface area (Å²) in [5, 5.41) is 0. The molecule has 0 spiro atoms. The van der Waals surface area contributed by atoms with E-state index in [1.807, 2.05) is 0 Å². The molecule has 4 aromatic heterocycles. The van der Waals surface area contributed by atoms with Crippen LogP contribution in [0.5, 0.6) is 0 Å². The highest BCUT2D eigenvalue weighted by molar-refractivity contribution is 8.44. The molecule has 3 fully saturated rings. The Labute approximate surface area is 259 Å². The number of H-pyrrole nitrogens is 1. The predicted octanol–water partition coefficient (Wildman–Crippen LogP) is 0.667. The number of ether oxygens (including phenoxy) is 2. The molecule has 7 rings (SSSR count). The highest BCUT2D eigenvalue weighted by Gasteiger charge is 2.54. The van der Waals surface area contributed by atoms with E-state index in [-0.39, 0.29) is 34.1 Å². The Kier molecular flexibility index (Phi) is 7.72. The van der Waals surface area contributed by atoms with E-state index in [1.54, 1.807) is 0 Å². The van der Waals surface area contributed by atoms with Gasteiger partial charge in [-0.15, -0.1) is 0 Å². The average molecular weight is 711 g/mol. The third-order valence-electron chi connectivity index (χ3n) is 7.23. The fourth-order valence-corrected chi connectivity index (χ4v) is 8.12. The van der Waals surface area contributed by atoms with Gasteiger partial charge in [-0.3, -0.25) is 32.5 Å². The zero-order valence-corrected chi connectivity index (χ0v) is 25.8. The number of halogens is 2. The van der Waals surface area contributed by atoms with Gasteiger partial charge in [-0.25, -0.2) is 33.3 Å². The standard InChI is InChI=1S/C20H22F2N10O9P2S2/c21-8-6-1-36-42(34,44)40-12-7(39-18(9(12)22)31-4-27-10-14(23)25-3-26-15(10)31)2-37-43(35,45)41-13(8)19(38-6)32-5-28-11-16(32)29-20(24)30-17(11)33/h3-9,12-13,18-19H,1-2H2,(H,34,44)(H,35,45)(H2,23,25,26)(H3,24,29,30,33)/t6-,7-,8+,9+,12?,13?,18-,19-,42?,43?/m1/s1. The molecular weight excluding hydrogens is 688 g/mol. The van der Waals surface area contributed by atoms with Gasteiger partial charge in [-0.2, -0.15) is 4.98 Å². The molecule has 10 atom stereocenters. The Morgan fingerprint density at radius 2 is 1.64 bits per heavy atom. The fraction of sp³-hybridized carbons (Fsp3) is 0.500. The Morgan fingerprint density at radius 3 is 2.42 bits per heavy atom. The van der Waals surface area contributed by atoms with Gasteiger partial charge >= 0.3 is 13.5 Å². The monoisotopic (exact) mass is 710 g/mol. The molecule has 6 N–H and O–H groups in total. The first kappa shape index (κ1) is 30.9. The van der Waals surface area contributed by atoms with Crippen LogP contribution in [0, 0.1) is 0 Å². The fourth-order valence-electron chi connectivity index (χ4n) is 5.23. The number of imidazole rings is 2. The maximum atomic E-state index is 16.0. The average Bonchev–Trinajstić information content (AvgIpc) is 3.72. The highest BCUT2D eigenvalue weighted by Crippen LogP contribution is 2.59. The number of fused-ring (bicyclic) bond motifs is 5. The quantitative estimate of drug-likeness (QED) is 0.142. The summed E-state index contributed by atoms with van der Waals surface area (Å²) >= 11 is 9.11. The minimum absolute atomic E-state index is 0.0396. The molecular formula is C20H22F2N10O9P2S2. The Bertz CT molecular complexity index is 1950. The van der Waals surface area contributed by atoms with Crippen molar-refractivity contribution in [3.8, 4) is 0 Å². The van der Waals surface area contributed by atoms with E-state index in [0.29, 0.717) is 0 Å². The van der Waals surface area contributed by atoms with E-state index < -0.39 is 81.5 Å². The van der Waals surface area contributed by atoms with Crippen molar-refractivity contribution >= 4 is 71.7 Å². The lowest BCUT2D eigenvalue weighted by atomic mass is 10.1. The van der Waals surface area contributed by atoms with Gasteiger partial charge in [-0.1, -0.05) is 12.2 Å². The minimum atomic E-state index is -4.49. The van der Waals surface area contributed by atoms with Crippen LogP contribution in [-0.4, -0.2) is 93.9 Å². The predicted molar refractivity (Wildman–Crippen MR) is 155 cm³/mol. The van der Waals surface area contributed by atoms with Crippen LogP contribution >= 0.6 is 25.8 Å². The number of rotatable bonds is 2. The minimum Gasteiger partial charge on any atom is -0.382 e. The van der Waals surface area contributed by atoms with Gasteiger partial charge in [0, 0.05) is 0 Å². The summed E-state index contributed by atoms with van der Waals surface area (Å²) < 4.78 is 81.1. The number of nitrogens with two attached hydrogens (primary N) is 2. The molecule has 4 unspecified atom stereocenters. The number of hydrogen-bond donors (Lipinski definition) is 5. The number of anilines is 2. The van der Waals surface area contributed by atoms with Crippen molar-refractivity contribution in [1.29, 1.82) is 0 Å². The van der Waals surface area contributed by atoms with Crippen LogP contribution in [0.2, 0.25) is 0 Å². The zero-order chi connectivity index (χ0) is 31.8. The molecule has 19 nitrogen and oxygen atoms in total. The van der Waals surface area contributed by atoms with Crippen LogP contribution in [0.25, 0.3) is 22.3 Å². The molecule has 7 heterocycles. The molecule has 3 aliphatic heterocycles. The van der Waals surface area contributed by atoms with Crippen LogP contribution in [0.4, 0.5) is 20.5 Å². The summed E-state index contributed by atoms with van der Waals surface area (Å²) in [6.45, 7) is -10.2. The number of thiol groups is 1. The van der Waals surface area contributed by atoms with Gasteiger partial charge in [0.15, 0.2) is 47.4 Å². The highest BCUT2D eigenvalue weighted by atomic mass is 32.7. The van der Waals surface area contributed by atoms with Crippen molar-refractivity contribution in [2.24, 2.45) is 0 Å². The molecule has 0 aromatic carbocycles. The lowest BCUT2D eigenvalue weighted by molar-refractivity contribution is -0.0578. The molecule has 4 aromatic rings. The molecule has 45 heavy (non-hydrogen) atoms. The van der Waals surface area contributed by atoms with Gasteiger partial charge in [0.1, 0.15) is 36.3 Å². The van der Waals surface area contributed by atoms with Gasteiger partial charge in [-0.05, 0) is 11.8 Å². The first-order chi connectivity index (χ1) is 21.3. The van der Waals surface area contributed by atoms with Crippen LogP contribution in [0.3, 0.4) is 0 Å². The van der Waals surface area contributed by atoms with Crippen LogP contribution in [-0.2, 0) is 43.9 Å². The third-order valence-corrected chi connectivity index (χ3v) is 10.4. The summed E-state index contributed by atoms with van der Waals surface area (Å²) in [6, 6.07) is 0. The van der Waals surface area contributed by atoms with E-state index >= 15 is 8.78 Å². The van der Waals surface area contributed by atoms with Crippen LogP contribution in [0.15, 0.2) is 23.8 Å². The summed E-state index contributed by atoms with van der Waals surface area (Å²) in [5.41, 5.74) is 10.9. The number of hydrogen-bond acceptors (Lipinski definition) is 16. The molecule has 0 amide bonds. The summed E-state index contributed by atoms with van der Waals surface area (Å²) in [7, 11) is 0. The number of aromatic nitrogens is 8. The number of aromatic amines is 1. The molecule has 2 bridgehead atoms. The summed E-state index contributed by atoms with van der Waals surface area (Å²) in [5.74, 6) is -0.224. The lowest BCUT2D eigenvalue weighted by Crippen LogP contribution is -2.34. The van der Waals surface area contributed by atoms with Crippen molar-refractivity contribution < 1.29 is 45.8 Å². The van der Waals surface area contributed by atoms with Gasteiger partial charge in [0.05, 0.1) is 25.9 Å². The number of alkyl halides is 2. The van der Waals surface area contributed by atoms with Crippen LogP contribution in [0.1, 0.15) is 12.5 Å². The maximum Gasteiger partial charge on any atom is 0.386 e. The summed E-state index contributed by atoms with van der Waals surface area (Å²) in [6.07, 6.45) is -9.83. The normalized spacial score (nSPS) is 37.7. The first-order valence-electron chi connectivity index (χ1n) is 12.9. The Morgan fingerprint density at radius 1 is 0.956 bits per heavy atom. The van der Waals surface area contributed by atoms with E-state index in [0.717, 1.165) is 17.2 Å². The number of nitrogen functional groups attached to an aromatic ring is 2. The van der Waals surface area contributed by atoms with E-state index in [1.165, 1.54) is 10.9 Å². The molecule has 3 saturated heterocycles. The van der Waals surface area contributed by atoms with E-state index in [4.69, 9.17) is 50.8 Å². The van der Waals surface area contributed by atoms with E-state index in [2.05, 4.69) is 42.2 Å². The maximum absolute atomic E-state index is 16.0. The second-order valence-electron chi connectivity index (χ2n) is 10.0. The van der Waals surface area contributed by atoms with Gasteiger partial charge in [0.25, 0.3) is 5.56 Å². The van der Waals surface area contributed by atoms with Crippen LogP contribution < -0.4 is 17.0 Å². The SMILES string of the molecule is Nc1nc2c(ncn2[C@@H]2O[C@@H]3COP(O)(=S)OC4[C@@H](COP(=O)(S)OC2[C@H]3F)O[C@@H](n2cnc3c(N)ncnc32)[C@H]4F)c(=O)[nH]1.